The molecule has 2 aliphatic heterocycles. The van der Waals surface area contributed by atoms with Crippen molar-refractivity contribution < 1.29 is 34.2 Å². The summed E-state index contributed by atoms with van der Waals surface area (Å²) < 4.78 is 0. The average Bonchev–Trinajstić information content (AvgIpc) is 3.39. The second kappa shape index (κ2) is 11.3. The highest BCUT2D eigenvalue weighted by Crippen LogP contribution is 2.26. The van der Waals surface area contributed by atoms with Gasteiger partial charge in [-0.3, -0.25) is 19.2 Å². The third-order valence-electron chi connectivity index (χ3n) is 5.97. The Balaban J connectivity index is 2.12. The number of rotatable bonds is 10. The molecule has 2 aliphatic rings. The first-order valence-corrected chi connectivity index (χ1v) is 11.1. The fourth-order valence-corrected chi connectivity index (χ4v) is 4.35. The first kappa shape index (κ1) is 25.6. The van der Waals surface area contributed by atoms with E-state index in [2.05, 4.69) is 5.32 Å². The molecule has 0 aromatic heterocycles. The van der Waals surface area contributed by atoms with Gasteiger partial charge >= 0.3 is 11.9 Å². The Morgan fingerprint density at radius 1 is 1.00 bits per heavy atom. The van der Waals surface area contributed by atoms with Gasteiger partial charge in [-0.15, -0.1) is 0 Å². The first-order chi connectivity index (χ1) is 15.0. The summed E-state index contributed by atoms with van der Waals surface area (Å²) in [6.45, 7) is 4.48. The molecule has 0 aromatic carbocycles. The van der Waals surface area contributed by atoms with Gasteiger partial charge in [0.25, 0.3) is 0 Å². The van der Waals surface area contributed by atoms with E-state index in [-0.39, 0.29) is 24.7 Å². The molecule has 5 N–H and O–H groups in total. The van der Waals surface area contributed by atoms with E-state index < -0.39 is 47.9 Å². The summed E-state index contributed by atoms with van der Waals surface area (Å²) in [5.74, 6) is -3.44. The van der Waals surface area contributed by atoms with Crippen molar-refractivity contribution in [1.82, 2.24) is 15.1 Å². The van der Waals surface area contributed by atoms with Gasteiger partial charge in [-0.05, 0) is 44.4 Å². The highest BCUT2D eigenvalue weighted by atomic mass is 16.4. The lowest BCUT2D eigenvalue weighted by molar-refractivity contribution is -0.152. The van der Waals surface area contributed by atoms with Crippen LogP contribution in [0.5, 0.6) is 0 Å². The Hall–Kier alpha value is -2.69. The zero-order valence-electron chi connectivity index (χ0n) is 18.7. The van der Waals surface area contributed by atoms with Gasteiger partial charge in [-0.25, -0.2) is 4.79 Å². The van der Waals surface area contributed by atoms with Gasteiger partial charge in [0.1, 0.15) is 18.1 Å². The van der Waals surface area contributed by atoms with Crippen LogP contribution in [0.3, 0.4) is 0 Å². The zero-order valence-corrected chi connectivity index (χ0v) is 18.7. The SMILES string of the molecule is CC(C)CC(NC(=O)C(N)CCC(=O)O)C(=O)N1CCCC1C(=O)N1CCCC1C(=O)O. The van der Waals surface area contributed by atoms with Crippen LogP contribution in [0.1, 0.15) is 58.8 Å². The molecule has 0 radical (unpaired) electrons. The topological polar surface area (TPSA) is 170 Å². The van der Waals surface area contributed by atoms with Crippen LogP contribution in [0.25, 0.3) is 0 Å². The molecule has 0 spiro atoms. The quantitative estimate of drug-likeness (QED) is 0.351. The predicted molar refractivity (Wildman–Crippen MR) is 113 cm³/mol. The molecule has 11 heteroatoms. The van der Waals surface area contributed by atoms with Gasteiger partial charge in [-0.2, -0.15) is 0 Å². The number of carbonyl (C=O) groups is 5. The Morgan fingerprint density at radius 3 is 2.16 bits per heavy atom. The van der Waals surface area contributed by atoms with E-state index in [1.165, 1.54) is 9.80 Å². The summed E-state index contributed by atoms with van der Waals surface area (Å²) in [6.07, 6.45) is 2.05. The number of hydrogen-bond donors (Lipinski definition) is 4. The maximum atomic E-state index is 13.3. The van der Waals surface area contributed by atoms with E-state index in [1.807, 2.05) is 13.8 Å². The van der Waals surface area contributed by atoms with Crippen molar-refractivity contribution in [2.24, 2.45) is 11.7 Å². The Bertz CT molecular complexity index is 742. The minimum atomic E-state index is -1.07. The number of nitrogens with zero attached hydrogens (tertiary/aromatic N) is 2. The van der Waals surface area contributed by atoms with E-state index in [9.17, 15) is 29.1 Å². The monoisotopic (exact) mass is 454 g/mol. The van der Waals surface area contributed by atoms with Crippen LogP contribution in [0.4, 0.5) is 0 Å². The van der Waals surface area contributed by atoms with Gasteiger partial charge in [0, 0.05) is 19.5 Å². The highest BCUT2D eigenvalue weighted by Gasteiger charge is 2.43. The van der Waals surface area contributed by atoms with E-state index in [1.54, 1.807) is 0 Å². The molecule has 11 nitrogen and oxygen atoms in total. The second-order valence-electron chi connectivity index (χ2n) is 8.95. The number of nitrogens with two attached hydrogens (primary N) is 1. The van der Waals surface area contributed by atoms with Gasteiger partial charge in [-0.1, -0.05) is 13.8 Å². The number of carboxylic acids is 2. The molecule has 0 saturated carbocycles. The van der Waals surface area contributed by atoms with Crippen molar-refractivity contribution in [2.45, 2.75) is 83.0 Å². The van der Waals surface area contributed by atoms with Crippen LogP contribution in [0.15, 0.2) is 0 Å². The molecule has 2 rings (SSSR count). The van der Waals surface area contributed by atoms with Gasteiger partial charge < -0.3 is 31.1 Å². The smallest absolute Gasteiger partial charge is 0.326 e. The van der Waals surface area contributed by atoms with Crippen LogP contribution in [-0.2, 0) is 24.0 Å². The zero-order chi connectivity index (χ0) is 24.0. The summed E-state index contributed by atoms with van der Waals surface area (Å²) in [4.78, 5) is 63.9. The van der Waals surface area contributed by atoms with E-state index >= 15 is 0 Å². The molecule has 2 fully saturated rings. The molecular weight excluding hydrogens is 420 g/mol. The number of nitrogens with one attached hydrogen (secondary N) is 1. The van der Waals surface area contributed by atoms with Crippen LogP contribution < -0.4 is 11.1 Å². The normalized spacial score (nSPS) is 22.6. The van der Waals surface area contributed by atoms with Crippen molar-refractivity contribution in [1.29, 1.82) is 0 Å². The number of aliphatic carboxylic acids is 2. The van der Waals surface area contributed by atoms with Gasteiger partial charge in [0.15, 0.2) is 0 Å². The predicted octanol–water partition coefficient (Wildman–Crippen LogP) is -0.224. The standard InChI is InChI=1S/C21H34N4O7/c1-12(2)11-14(23-18(28)13(22)7-8-17(26)27)19(29)24-9-3-5-15(24)20(30)25-10-4-6-16(25)21(31)32/h12-16H,3-11,22H2,1-2H3,(H,23,28)(H,26,27)(H,31,32). The van der Waals surface area contributed by atoms with Gasteiger partial charge in [0.2, 0.25) is 17.7 Å². The molecule has 0 aliphatic carbocycles. The molecule has 180 valence electrons. The summed E-state index contributed by atoms with van der Waals surface area (Å²) in [6, 6.07) is -3.60. The average molecular weight is 455 g/mol. The van der Waals surface area contributed by atoms with Crippen LogP contribution >= 0.6 is 0 Å². The molecule has 2 heterocycles. The molecule has 3 amide bonds. The number of amides is 3. The third kappa shape index (κ3) is 6.41. The fourth-order valence-electron chi connectivity index (χ4n) is 4.35. The molecule has 0 bridgehead atoms. The number of hydrogen-bond acceptors (Lipinski definition) is 6. The fraction of sp³-hybridized carbons (Fsp3) is 0.762. The van der Waals surface area contributed by atoms with E-state index in [4.69, 9.17) is 10.8 Å². The van der Waals surface area contributed by atoms with Gasteiger partial charge in [0.05, 0.1) is 6.04 Å². The maximum absolute atomic E-state index is 13.3. The number of likely N-dealkylation sites (tertiary alicyclic amines) is 2. The van der Waals surface area contributed by atoms with Crippen molar-refractivity contribution >= 4 is 29.7 Å². The molecule has 32 heavy (non-hydrogen) atoms. The highest BCUT2D eigenvalue weighted by molar-refractivity contribution is 5.94. The lowest BCUT2D eigenvalue weighted by Crippen LogP contribution is -2.57. The number of carboxylic acid groups (broad SMARTS) is 2. The first-order valence-electron chi connectivity index (χ1n) is 11.1. The van der Waals surface area contributed by atoms with E-state index in [0.717, 1.165) is 0 Å². The summed E-state index contributed by atoms with van der Waals surface area (Å²) in [5, 5.41) is 20.8. The summed E-state index contributed by atoms with van der Waals surface area (Å²) >= 11 is 0. The molecule has 4 unspecified atom stereocenters. The second-order valence-corrected chi connectivity index (χ2v) is 8.95. The van der Waals surface area contributed by atoms with E-state index in [0.29, 0.717) is 45.2 Å². The Labute approximate surface area is 187 Å². The molecular formula is C21H34N4O7. The molecule has 0 aromatic rings. The van der Waals surface area contributed by atoms with Crippen LogP contribution in [-0.4, -0.2) is 86.9 Å². The lowest BCUT2D eigenvalue weighted by atomic mass is 10.0. The van der Waals surface area contributed by atoms with Crippen molar-refractivity contribution in [3.63, 3.8) is 0 Å². The largest absolute Gasteiger partial charge is 0.481 e. The number of carbonyl (C=O) groups excluding carboxylic acids is 3. The minimum Gasteiger partial charge on any atom is -0.481 e. The van der Waals surface area contributed by atoms with Crippen LogP contribution in [0.2, 0.25) is 0 Å². The van der Waals surface area contributed by atoms with Crippen molar-refractivity contribution in [3.05, 3.63) is 0 Å². The Morgan fingerprint density at radius 2 is 1.59 bits per heavy atom. The molecule has 4 atom stereocenters. The minimum absolute atomic E-state index is 0.0554. The maximum Gasteiger partial charge on any atom is 0.326 e. The lowest BCUT2D eigenvalue weighted by Gasteiger charge is -2.33. The molecule has 2 saturated heterocycles. The third-order valence-corrected chi connectivity index (χ3v) is 5.97. The summed E-state index contributed by atoms with van der Waals surface area (Å²) in [7, 11) is 0. The van der Waals surface area contributed by atoms with Crippen molar-refractivity contribution in [3.8, 4) is 0 Å². The van der Waals surface area contributed by atoms with Crippen molar-refractivity contribution in [2.75, 3.05) is 13.1 Å². The van der Waals surface area contributed by atoms with Crippen LogP contribution in [0, 0.1) is 5.92 Å². The summed E-state index contributed by atoms with van der Waals surface area (Å²) in [5.41, 5.74) is 5.78. The Kier molecular flexibility index (Phi) is 8.99.